The molecule has 0 aromatic heterocycles. The lowest BCUT2D eigenvalue weighted by atomic mass is 10.1. The second-order valence-corrected chi connectivity index (χ2v) is 4.83. The third-order valence-corrected chi connectivity index (χ3v) is 3.25. The molecule has 102 valence electrons. The molecule has 0 heterocycles. The van der Waals surface area contributed by atoms with Crippen molar-refractivity contribution in [3.63, 3.8) is 0 Å². The molecule has 0 unspecified atom stereocenters. The number of carbonyl (C=O) groups is 2. The minimum Gasteiger partial charge on any atom is -0.315 e. The van der Waals surface area contributed by atoms with Crippen molar-refractivity contribution in [1.82, 2.24) is 0 Å². The van der Waals surface area contributed by atoms with Gasteiger partial charge in [-0.05, 0) is 24.3 Å². The van der Waals surface area contributed by atoms with Gasteiger partial charge in [0.2, 0.25) is 5.91 Å². The summed E-state index contributed by atoms with van der Waals surface area (Å²) < 4.78 is 0. The number of amides is 1. The van der Waals surface area contributed by atoms with Crippen LogP contribution in [0.25, 0.3) is 0 Å². The maximum Gasteiger partial charge on any atom is 0.234 e. The Morgan fingerprint density at radius 1 is 1.00 bits per heavy atom. The quantitative estimate of drug-likeness (QED) is 0.637. The molecule has 0 saturated carbocycles. The highest BCUT2D eigenvalue weighted by Gasteiger charge is 2.16. The highest BCUT2D eigenvalue weighted by Crippen LogP contribution is 2.18. The summed E-state index contributed by atoms with van der Waals surface area (Å²) >= 11 is 5.80. The molecule has 0 fully saturated rings. The fourth-order valence-electron chi connectivity index (χ4n) is 1.79. The topological polar surface area (TPSA) is 37.4 Å². The number of ketones is 1. The Kier molecular flexibility index (Phi) is 4.53. The van der Waals surface area contributed by atoms with Crippen LogP contribution in [0.15, 0.2) is 54.6 Å². The standard InChI is InChI=1S/C16H14ClNO2/c1-18(14-9-7-13(17)8-10-14)16(20)11-15(19)12-5-3-2-4-6-12/h2-10H,11H2,1H3. The van der Waals surface area contributed by atoms with Gasteiger partial charge in [-0.25, -0.2) is 0 Å². The zero-order chi connectivity index (χ0) is 14.5. The number of hydrogen-bond acceptors (Lipinski definition) is 2. The van der Waals surface area contributed by atoms with Crippen molar-refractivity contribution in [2.45, 2.75) is 6.42 Å². The molecule has 0 aliphatic heterocycles. The highest BCUT2D eigenvalue weighted by molar-refractivity contribution is 6.30. The second-order valence-electron chi connectivity index (χ2n) is 4.40. The third-order valence-electron chi connectivity index (χ3n) is 3.00. The van der Waals surface area contributed by atoms with E-state index in [1.807, 2.05) is 6.07 Å². The minimum atomic E-state index is -0.249. The van der Waals surface area contributed by atoms with Crippen LogP contribution >= 0.6 is 11.6 Å². The van der Waals surface area contributed by atoms with Gasteiger partial charge in [0.1, 0.15) is 0 Å². The van der Waals surface area contributed by atoms with Crippen molar-refractivity contribution in [2.75, 3.05) is 11.9 Å². The Bertz CT molecular complexity index is 608. The number of benzene rings is 2. The van der Waals surface area contributed by atoms with Crippen molar-refractivity contribution in [3.05, 3.63) is 65.2 Å². The molecule has 20 heavy (non-hydrogen) atoms. The van der Waals surface area contributed by atoms with Gasteiger partial charge in [-0.3, -0.25) is 9.59 Å². The number of Topliss-reactive ketones (excluding diaryl/α,β-unsaturated/α-hetero) is 1. The van der Waals surface area contributed by atoms with Crippen LogP contribution in [0.1, 0.15) is 16.8 Å². The van der Waals surface area contributed by atoms with E-state index < -0.39 is 0 Å². The zero-order valence-electron chi connectivity index (χ0n) is 11.0. The molecule has 2 aromatic carbocycles. The van der Waals surface area contributed by atoms with Crippen LogP contribution in [0.4, 0.5) is 5.69 Å². The monoisotopic (exact) mass is 287 g/mol. The maximum atomic E-state index is 12.1. The molecule has 0 spiro atoms. The molecule has 1 amide bonds. The molecule has 0 saturated heterocycles. The predicted molar refractivity (Wildman–Crippen MR) is 80.3 cm³/mol. The Labute approximate surface area is 122 Å². The Morgan fingerprint density at radius 3 is 2.20 bits per heavy atom. The van der Waals surface area contributed by atoms with E-state index in [1.54, 1.807) is 55.6 Å². The molecular weight excluding hydrogens is 274 g/mol. The van der Waals surface area contributed by atoms with Gasteiger partial charge in [-0.15, -0.1) is 0 Å². The lowest BCUT2D eigenvalue weighted by Gasteiger charge is -2.17. The molecule has 4 heteroatoms. The van der Waals surface area contributed by atoms with E-state index in [1.165, 1.54) is 4.90 Å². The summed E-state index contributed by atoms with van der Waals surface area (Å²) in [6.07, 6.45) is -0.150. The summed E-state index contributed by atoms with van der Waals surface area (Å²) in [7, 11) is 1.64. The van der Waals surface area contributed by atoms with Gasteiger partial charge in [0, 0.05) is 23.3 Å². The van der Waals surface area contributed by atoms with Crippen molar-refractivity contribution in [1.29, 1.82) is 0 Å². The summed E-state index contributed by atoms with van der Waals surface area (Å²) in [5.41, 5.74) is 1.26. The minimum absolute atomic E-state index is 0.150. The molecule has 0 aliphatic carbocycles. The number of halogens is 1. The van der Waals surface area contributed by atoms with Gasteiger partial charge < -0.3 is 4.90 Å². The van der Waals surface area contributed by atoms with Crippen LogP contribution in [0.3, 0.4) is 0 Å². The lowest BCUT2D eigenvalue weighted by molar-refractivity contribution is -0.117. The van der Waals surface area contributed by atoms with E-state index >= 15 is 0 Å². The van der Waals surface area contributed by atoms with E-state index in [4.69, 9.17) is 11.6 Å². The van der Waals surface area contributed by atoms with Crippen molar-refractivity contribution < 1.29 is 9.59 Å². The molecule has 0 atom stereocenters. The summed E-state index contributed by atoms with van der Waals surface area (Å²) in [5, 5.41) is 0.606. The fourth-order valence-corrected chi connectivity index (χ4v) is 1.92. The summed E-state index contributed by atoms with van der Waals surface area (Å²) in [6.45, 7) is 0. The molecule has 2 aromatic rings. The predicted octanol–water partition coefficient (Wildman–Crippen LogP) is 3.58. The third kappa shape index (κ3) is 3.45. The fraction of sp³-hybridized carbons (Fsp3) is 0.125. The summed E-state index contributed by atoms with van der Waals surface area (Å²) in [4.78, 5) is 25.5. The van der Waals surface area contributed by atoms with Crippen LogP contribution in [0.2, 0.25) is 5.02 Å². The normalized spacial score (nSPS) is 10.1. The largest absolute Gasteiger partial charge is 0.315 e. The Morgan fingerprint density at radius 2 is 1.60 bits per heavy atom. The number of hydrogen-bond donors (Lipinski definition) is 0. The first-order chi connectivity index (χ1) is 9.58. The summed E-state index contributed by atoms with van der Waals surface area (Å²) in [5.74, 6) is -0.433. The molecule has 0 aliphatic rings. The molecule has 0 radical (unpaired) electrons. The van der Waals surface area contributed by atoms with Gasteiger partial charge >= 0.3 is 0 Å². The van der Waals surface area contributed by atoms with Crippen molar-refractivity contribution >= 4 is 29.0 Å². The van der Waals surface area contributed by atoms with E-state index in [9.17, 15) is 9.59 Å². The number of carbonyl (C=O) groups excluding carboxylic acids is 2. The van der Waals surface area contributed by atoms with Gasteiger partial charge in [-0.1, -0.05) is 41.9 Å². The zero-order valence-corrected chi connectivity index (χ0v) is 11.8. The molecule has 0 N–H and O–H groups in total. The van der Waals surface area contributed by atoms with Gasteiger partial charge in [-0.2, -0.15) is 0 Å². The maximum absolute atomic E-state index is 12.1. The van der Waals surface area contributed by atoms with Gasteiger partial charge in [0.25, 0.3) is 0 Å². The number of anilines is 1. The van der Waals surface area contributed by atoms with E-state index in [0.717, 1.165) is 0 Å². The first-order valence-electron chi connectivity index (χ1n) is 6.18. The van der Waals surface area contributed by atoms with Crippen molar-refractivity contribution in [2.24, 2.45) is 0 Å². The first kappa shape index (κ1) is 14.3. The van der Waals surface area contributed by atoms with E-state index in [0.29, 0.717) is 16.3 Å². The number of nitrogens with zero attached hydrogens (tertiary/aromatic N) is 1. The average molecular weight is 288 g/mol. The van der Waals surface area contributed by atoms with Crippen LogP contribution in [-0.4, -0.2) is 18.7 Å². The van der Waals surface area contributed by atoms with Crippen LogP contribution in [0.5, 0.6) is 0 Å². The van der Waals surface area contributed by atoms with Crippen molar-refractivity contribution in [3.8, 4) is 0 Å². The van der Waals surface area contributed by atoms with E-state index in [2.05, 4.69) is 0 Å². The smallest absolute Gasteiger partial charge is 0.234 e. The molecule has 2 rings (SSSR count). The van der Waals surface area contributed by atoms with E-state index in [-0.39, 0.29) is 18.1 Å². The van der Waals surface area contributed by atoms with Crippen LogP contribution in [0, 0.1) is 0 Å². The highest BCUT2D eigenvalue weighted by atomic mass is 35.5. The molecule has 0 bridgehead atoms. The Hall–Kier alpha value is -2.13. The van der Waals surface area contributed by atoms with Crippen LogP contribution in [-0.2, 0) is 4.79 Å². The molecular formula is C16H14ClNO2. The lowest BCUT2D eigenvalue weighted by Crippen LogP contribution is -2.28. The summed E-state index contributed by atoms with van der Waals surface area (Å²) in [6, 6.07) is 15.7. The van der Waals surface area contributed by atoms with Gasteiger partial charge in [0.15, 0.2) is 5.78 Å². The van der Waals surface area contributed by atoms with Gasteiger partial charge in [0.05, 0.1) is 6.42 Å². The Balaban J connectivity index is 2.05. The first-order valence-corrected chi connectivity index (χ1v) is 6.56. The second kappa shape index (κ2) is 6.35. The molecule has 3 nitrogen and oxygen atoms in total. The average Bonchev–Trinajstić information content (AvgIpc) is 2.48. The van der Waals surface area contributed by atoms with Crippen LogP contribution < -0.4 is 4.90 Å². The SMILES string of the molecule is CN(C(=O)CC(=O)c1ccccc1)c1ccc(Cl)cc1. The number of rotatable bonds is 4.